The molecule has 0 saturated carbocycles. The number of rotatable bonds is 8. The lowest BCUT2D eigenvalue weighted by atomic mass is 10.1. The minimum absolute atomic E-state index is 0. The fraction of sp³-hybridized carbons (Fsp3) is 0.350. The molecule has 0 saturated heterocycles. The summed E-state index contributed by atoms with van der Waals surface area (Å²) in [6.45, 7) is 4.61. The van der Waals surface area contributed by atoms with Gasteiger partial charge in [0, 0.05) is 32.8 Å². The number of guanidine groups is 1. The number of nitrogens with one attached hydrogen (secondary N) is 2. The molecule has 0 aliphatic rings. The molecule has 2 aromatic carbocycles. The minimum Gasteiger partial charge on any atom is -0.494 e. The number of hydrogen-bond acceptors (Lipinski definition) is 3. The summed E-state index contributed by atoms with van der Waals surface area (Å²) in [6, 6.07) is 16.4. The first-order valence-corrected chi connectivity index (χ1v) is 8.48. The van der Waals surface area contributed by atoms with Crippen LogP contribution in [0.25, 0.3) is 0 Å². The fourth-order valence-corrected chi connectivity index (χ4v) is 2.53. The van der Waals surface area contributed by atoms with E-state index in [1.54, 1.807) is 14.2 Å². The third kappa shape index (κ3) is 7.21. The molecule has 2 aromatic rings. The summed E-state index contributed by atoms with van der Waals surface area (Å²) in [6.07, 6.45) is 0. The Morgan fingerprint density at radius 3 is 2.46 bits per heavy atom. The molecule has 0 aliphatic carbocycles. The Balaban J connectivity index is 0.00000338. The molecule has 5 nitrogen and oxygen atoms in total. The van der Waals surface area contributed by atoms with Crippen LogP contribution in [0.1, 0.15) is 23.6 Å². The Bertz CT molecular complexity index is 692. The third-order valence-corrected chi connectivity index (χ3v) is 3.70. The first kappa shape index (κ1) is 22.2. The summed E-state index contributed by atoms with van der Waals surface area (Å²) >= 11 is 0. The van der Waals surface area contributed by atoms with Crippen molar-refractivity contribution in [2.45, 2.75) is 26.6 Å². The smallest absolute Gasteiger partial charge is 0.191 e. The molecule has 0 fully saturated rings. The Kier molecular flexibility index (Phi) is 10.7. The summed E-state index contributed by atoms with van der Waals surface area (Å²) in [5.74, 6) is 1.66. The summed E-state index contributed by atoms with van der Waals surface area (Å²) in [5, 5.41) is 6.66. The van der Waals surface area contributed by atoms with Gasteiger partial charge in [0.25, 0.3) is 0 Å². The van der Waals surface area contributed by atoms with E-state index in [1.807, 2.05) is 31.2 Å². The summed E-state index contributed by atoms with van der Waals surface area (Å²) in [4.78, 5) is 4.28. The van der Waals surface area contributed by atoms with Gasteiger partial charge >= 0.3 is 0 Å². The molecule has 0 bridgehead atoms. The van der Waals surface area contributed by atoms with E-state index in [4.69, 9.17) is 9.47 Å². The van der Waals surface area contributed by atoms with Crippen LogP contribution in [-0.4, -0.2) is 26.7 Å². The SMILES string of the molecule is CCOc1ccccc1CNC(=NC)NCc1cccc(COC)c1.I. The standard InChI is InChI=1S/C20H27N3O2.HI/c1-4-25-19-11-6-5-10-18(19)14-23-20(21-2)22-13-16-8-7-9-17(12-16)15-24-3;/h5-12H,4,13-15H2,1-3H3,(H2,21,22,23);1H. The highest BCUT2D eigenvalue weighted by Gasteiger charge is 2.04. The van der Waals surface area contributed by atoms with Crippen molar-refractivity contribution in [1.82, 2.24) is 10.6 Å². The van der Waals surface area contributed by atoms with E-state index in [2.05, 4.69) is 39.9 Å². The molecule has 0 aromatic heterocycles. The van der Waals surface area contributed by atoms with E-state index < -0.39 is 0 Å². The lowest BCUT2D eigenvalue weighted by Crippen LogP contribution is -2.36. The molecular formula is C20H28IN3O2. The van der Waals surface area contributed by atoms with Crippen LogP contribution in [0.3, 0.4) is 0 Å². The Hall–Kier alpha value is -1.80. The molecule has 2 N–H and O–H groups in total. The molecule has 6 heteroatoms. The van der Waals surface area contributed by atoms with Crippen molar-refractivity contribution in [3.8, 4) is 5.75 Å². The van der Waals surface area contributed by atoms with Crippen LogP contribution in [0.2, 0.25) is 0 Å². The Labute approximate surface area is 173 Å². The van der Waals surface area contributed by atoms with E-state index in [1.165, 1.54) is 5.56 Å². The zero-order chi connectivity index (χ0) is 17.9. The van der Waals surface area contributed by atoms with Gasteiger partial charge < -0.3 is 20.1 Å². The van der Waals surface area contributed by atoms with Crippen molar-refractivity contribution in [1.29, 1.82) is 0 Å². The summed E-state index contributed by atoms with van der Waals surface area (Å²) < 4.78 is 10.8. The van der Waals surface area contributed by atoms with Crippen LogP contribution in [0, 0.1) is 0 Å². The number of benzene rings is 2. The Morgan fingerprint density at radius 2 is 1.73 bits per heavy atom. The van der Waals surface area contributed by atoms with E-state index in [-0.39, 0.29) is 24.0 Å². The quantitative estimate of drug-likeness (QED) is 0.352. The number of halogens is 1. The normalized spacial score (nSPS) is 10.8. The van der Waals surface area contributed by atoms with Gasteiger partial charge in [-0.05, 0) is 24.1 Å². The van der Waals surface area contributed by atoms with E-state index >= 15 is 0 Å². The second kappa shape index (κ2) is 12.5. The van der Waals surface area contributed by atoms with Crippen LogP contribution in [0.4, 0.5) is 0 Å². The zero-order valence-electron chi connectivity index (χ0n) is 15.6. The number of aliphatic imine (C=N–C) groups is 1. The maximum atomic E-state index is 5.66. The lowest BCUT2D eigenvalue weighted by Gasteiger charge is -2.14. The number of nitrogens with zero attached hydrogens (tertiary/aromatic N) is 1. The lowest BCUT2D eigenvalue weighted by molar-refractivity contribution is 0.185. The molecule has 0 amide bonds. The van der Waals surface area contributed by atoms with Crippen molar-refractivity contribution in [3.05, 3.63) is 65.2 Å². The van der Waals surface area contributed by atoms with Gasteiger partial charge in [0.15, 0.2) is 5.96 Å². The first-order chi connectivity index (χ1) is 12.3. The maximum absolute atomic E-state index is 5.66. The fourth-order valence-electron chi connectivity index (χ4n) is 2.53. The van der Waals surface area contributed by atoms with E-state index in [0.717, 1.165) is 22.8 Å². The van der Waals surface area contributed by atoms with Gasteiger partial charge in [-0.1, -0.05) is 42.5 Å². The van der Waals surface area contributed by atoms with Gasteiger partial charge in [-0.15, -0.1) is 24.0 Å². The topological polar surface area (TPSA) is 54.9 Å². The summed E-state index contributed by atoms with van der Waals surface area (Å²) in [7, 11) is 3.47. The average Bonchev–Trinajstić information content (AvgIpc) is 2.64. The monoisotopic (exact) mass is 469 g/mol. The molecule has 0 atom stereocenters. The summed E-state index contributed by atoms with van der Waals surface area (Å²) in [5.41, 5.74) is 3.46. The minimum atomic E-state index is 0. The molecular weight excluding hydrogens is 441 g/mol. The number of hydrogen-bond donors (Lipinski definition) is 2. The van der Waals surface area contributed by atoms with Crippen LogP contribution in [-0.2, 0) is 24.4 Å². The second-order valence-electron chi connectivity index (χ2n) is 5.57. The van der Waals surface area contributed by atoms with Crippen LogP contribution >= 0.6 is 24.0 Å². The van der Waals surface area contributed by atoms with Crippen molar-refractivity contribution in [2.75, 3.05) is 20.8 Å². The van der Waals surface area contributed by atoms with Gasteiger partial charge in [0.1, 0.15) is 5.75 Å². The maximum Gasteiger partial charge on any atom is 0.191 e. The number of methoxy groups -OCH3 is 1. The Morgan fingerprint density at radius 1 is 1.00 bits per heavy atom. The number of para-hydroxylation sites is 1. The van der Waals surface area contributed by atoms with E-state index in [9.17, 15) is 0 Å². The predicted molar refractivity (Wildman–Crippen MR) is 117 cm³/mol. The molecule has 2 rings (SSSR count). The molecule has 0 heterocycles. The molecule has 142 valence electrons. The van der Waals surface area contributed by atoms with Crippen LogP contribution in [0.15, 0.2) is 53.5 Å². The zero-order valence-corrected chi connectivity index (χ0v) is 17.9. The third-order valence-electron chi connectivity index (χ3n) is 3.70. The second-order valence-corrected chi connectivity index (χ2v) is 5.57. The predicted octanol–water partition coefficient (Wildman–Crippen LogP) is 3.71. The largest absolute Gasteiger partial charge is 0.494 e. The average molecular weight is 469 g/mol. The molecule has 0 aliphatic heterocycles. The highest BCUT2D eigenvalue weighted by molar-refractivity contribution is 14.0. The molecule has 26 heavy (non-hydrogen) atoms. The van der Waals surface area contributed by atoms with Crippen molar-refractivity contribution in [2.24, 2.45) is 4.99 Å². The van der Waals surface area contributed by atoms with Gasteiger partial charge in [-0.25, -0.2) is 0 Å². The van der Waals surface area contributed by atoms with E-state index in [0.29, 0.717) is 26.3 Å². The first-order valence-electron chi connectivity index (χ1n) is 8.48. The van der Waals surface area contributed by atoms with Crippen molar-refractivity contribution < 1.29 is 9.47 Å². The van der Waals surface area contributed by atoms with Crippen molar-refractivity contribution in [3.63, 3.8) is 0 Å². The van der Waals surface area contributed by atoms with Gasteiger partial charge in [-0.2, -0.15) is 0 Å². The highest BCUT2D eigenvalue weighted by Crippen LogP contribution is 2.17. The van der Waals surface area contributed by atoms with Gasteiger partial charge in [0.2, 0.25) is 0 Å². The highest BCUT2D eigenvalue weighted by atomic mass is 127. The van der Waals surface area contributed by atoms with Crippen molar-refractivity contribution >= 4 is 29.9 Å². The van der Waals surface area contributed by atoms with Gasteiger partial charge in [0.05, 0.1) is 13.2 Å². The van der Waals surface area contributed by atoms with Crippen LogP contribution in [0.5, 0.6) is 5.75 Å². The van der Waals surface area contributed by atoms with Crippen LogP contribution < -0.4 is 15.4 Å². The molecule has 0 unspecified atom stereocenters. The molecule has 0 spiro atoms. The molecule has 0 radical (unpaired) electrons. The number of ether oxygens (including phenoxy) is 2. The van der Waals surface area contributed by atoms with Gasteiger partial charge in [-0.3, -0.25) is 4.99 Å².